The van der Waals surface area contributed by atoms with Crippen LogP contribution in [0, 0.1) is 0 Å². The smallest absolute Gasteiger partial charge is 0.263 e. The highest BCUT2D eigenvalue weighted by molar-refractivity contribution is 7.92. The van der Waals surface area contributed by atoms with E-state index in [2.05, 4.69) is 49.8 Å². The van der Waals surface area contributed by atoms with Crippen molar-refractivity contribution in [2.24, 2.45) is 0 Å². The second-order valence-electron chi connectivity index (χ2n) is 7.41. The van der Waals surface area contributed by atoms with Gasteiger partial charge in [-0.1, -0.05) is 30.3 Å². The van der Waals surface area contributed by atoms with Crippen molar-refractivity contribution in [2.75, 3.05) is 42.3 Å². The van der Waals surface area contributed by atoms with Crippen LogP contribution in [0.4, 0.5) is 11.4 Å². The molecule has 0 bridgehead atoms. The molecule has 0 spiro atoms. The lowest BCUT2D eigenvalue weighted by Crippen LogP contribution is -2.46. The predicted octanol–water partition coefficient (Wildman–Crippen LogP) is 3.67. The molecule has 1 aromatic heterocycles. The molecule has 0 amide bonds. The summed E-state index contributed by atoms with van der Waals surface area (Å²) < 4.78 is 27.4. The highest BCUT2D eigenvalue weighted by atomic mass is 35.5. The predicted molar refractivity (Wildman–Crippen MR) is 128 cm³/mol. The van der Waals surface area contributed by atoms with E-state index in [1.165, 1.54) is 23.5 Å². The fourth-order valence-corrected chi connectivity index (χ4v) is 4.64. The van der Waals surface area contributed by atoms with Crippen LogP contribution in [0.15, 0.2) is 84.0 Å². The minimum atomic E-state index is -3.61. The summed E-state index contributed by atoms with van der Waals surface area (Å²) in [4.78, 5) is 8.94. The summed E-state index contributed by atoms with van der Waals surface area (Å²) in [6.07, 6.45) is 3.84. The fourth-order valence-electron chi connectivity index (χ4n) is 3.62. The largest absolute Gasteiger partial charge is 0.369 e. The molecule has 1 aliphatic heterocycles. The number of para-hydroxylation sites is 1. The van der Waals surface area contributed by atoms with Crippen molar-refractivity contribution in [3.8, 4) is 0 Å². The third kappa shape index (κ3) is 6.19. The average Bonchev–Trinajstić information content (AvgIpc) is 2.80. The maximum Gasteiger partial charge on any atom is 0.263 e. The molecule has 6 nitrogen and oxygen atoms in total. The van der Waals surface area contributed by atoms with Gasteiger partial charge < -0.3 is 4.90 Å². The van der Waals surface area contributed by atoms with E-state index in [1.807, 2.05) is 24.3 Å². The molecule has 1 saturated heterocycles. The number of rotatable bonds is 7. The van der Waals surface area contributed by atoms with Crippen molar-refractivity contribution in [3.63, 3.8) is 0 Å². The van der Waals surface area contributed by atoms with Crippen LogP contribution in [0.2, 0.25) is 0 Å². The Morgan fingerprint density at radius 1 is 0.871 bits per heavy atom. The summed E-state index contributed by atoms with van der Waals surface area (Å²) >= 11 is 0. The molecule has 3 aromatic rings. The molecular weight excluding hydrogens is 432 g/mol. The number of piperazine rings is 1. The van der Waals surface area contributed by atoms with Crippen molar-refractivity contribution in [3.05, 3.63) is 84.7 Å². The maximum absolute atomic E-state index is 12.4. The fraction of sp³-hybridized carbons (Fsp3) is 0.261. The van der Waals surface area contributed by atoms with Gasteiger partial charge in [-0.05, 0) is 48.4 Å². The first-order valence-electron chi connectivity index (χ1n) is 10.1. The highest BCUT2D eigenvalue weighted by Crippen LogP contribution is 2.18. The lowest BCUT2D eigenvalue weighted by Gasteiger charge is -2.36. The first-order valence-corrected chi connectivity index (χ1v) is 11.6. The zero-order chi connectivity index (χ0) is 20.8. The van der Waals surface area contributed by atoms with Crippen molar-refractivity contribution < 1.29 is 8.42 Å². The monoisotopic (exact) mass is 458 g/mol. The van der Waals surface area contributed by atoms with E-state index < -0.39 is 10.0 Å². The molecule has 0 unspecified atom stereocenters. The van der Waals surface area contributed by atoms with Crippen LogP contribution >= 0.6 is 12.4 Å². The van der Waals surface area contributed by atoms with Gasteiger partial charge >= 0.3 is 0 Å². The number of pyridine rings is 1. The number of nitrogens with one attached hydrogen (secondary N) is 1. The second-order valence-corrected chi connectivity index (χ2v) is 9.09. The number of halogens is 1. The average molecular weight is 459 g/mol. The number of anilines is 2. The van der Waals surface area contributed by atoms with E-state index in [0.29, 0.717) is 5.69 Å². The van der Waals surface area contributed by atoms with Gasteiger partial charge in [-0.3, -0.25) is 14.6 Å². The molecule has 1 fully saturated rings. The van der Waals surface area contributed by atoms with Gasteiger partial charge in [0.15, 0.2) is 0 Å². The Balaban J connectivity index is 0.00000272. The van der Waals surface area contributed by atoms with Gasteiger partial charge in [0.05, 0.1) is 0 Å². The first kappa shape index (κ1) is 23.1. The van der Waals surface area contributed by atoms with Gasteiger partial charge in [-0.25, -0.2) is 8.42 Å². The number of nitrogens with zero attached hydrogens (tertiary/aromatic N) is 3. The molecule has 1 aliphatic rings. The Kier molecular flexibility index (Phi) is 7.90. The van der Waals surface area contributed by atoms with Gasteiger partial charge in [0, 0.05) is 56.5 Å². The third-order valence-corrected chi connectivity index (χ3v) is 6.73. The Morgan fingerprint density at radius 3 is 2.23 bits per heavy atom. The van der Waals surface area contributed by atoms with Crippen molar-refractivity contribution >= 4 is 33.8 Å². The number of benzene rings is 2. The minimum absolute atomic E-state index is 0. The van der Waals surface area contributed by atoms with E-state index in [-0.39, 0.29) is 17.3 Å². The molecule has 2 aromatic carbocycles. The summed E-state index contributed by atoms with van der Waals surface area (Å²) in [5.74, 6) is 0. The van der Waals surface area contributed by atoms with E-state index in [1.54, 1.807) is 12.3 Å². The van der Waals surface area contributed by atoms with Crippen molar-refractivity contribution in [2.45, 2.75) is 11.3 Å². The number of aromatic nitrogens is 1. The Bertz CT molecular complexity index is 1040. The van der Waals surface area contributed by atoms with E-state index in [0.717, 1.165) is 39.1 Å². The SMILES string of the molecule is Cl.O=S(=O)(Nc1ccc(CCN2CCN(c3ccccc3)CC2)cc1)c1cccnc1. The van der Waals surface area contributed by atoms with Crippen LogP contribution in [-0.2, 0) is 16.4 Å². The molecule has 0 saturated carbocycles. The molecule has 0 atom stereocenters. The summed E-state index contributed by atoms with van der Waals surface area (Å²) in [7, 11) is -3.61. The van der Waals surface area contributed by atoms with Crippen LogP contribution < -0.4 is 9.62 Å². The van der Waals surface area contributed by atoms with E-state index >= 15 is 0 Å². The second kappa shape index (κ2) is 10.6. The van der Waals surface area contributed by atoms with Gasteiger partial charge in [0.25, 0.3) is 10.0 Å². The van der Waals surface area contributed by atoms with Gasteiger partial charge in [0.2, 0.25) is 0 Å². The quantitative estimate of drug-likeness (QED) is 0.585. The molecular formula is C23H27ClN4O2S. The number of sulfonamides is 1. The van der Waals surface area contributed by atoms with Gasteiger partial charge in [0.1, 0.15) is 4.90 Å². The molecule has 164 valence electrons. The molecule has 0 radical (unpaired) electrons. The van der Waals surface area contributed by atoms with Crippen LogP contribution in [0.5, 0.6) is 0 Å². The molecule has 8 heteroatoms. The molecule has 4 rings (SSSR count). The van der Waals surface area contributed by atoms with Gasteiger partial charge in [-0.15, -0.1) is 12.4 Å². The lowest BCUT2D eigenvalue weighted by molar-refractivity contribution is 0.261. The molecule has 31 heavy (non-hydrogen) atoms. The molecule has 1 N–H and O–H groups in total. The lowest BCUT2D eigenvalue weighted by atomic mass is 10.1. The Hall–Kier alpha value is -2.61. The number of hydrogen-bond donors (Lipinski definition) is 1. The van der Waals surface area contributed by atoms with Crippen molar-refractivity contribution in [1.82, 2.24) is 9.88 Å². The topological polar surface area (TPSA) is 65.5 Å². The van der Waals surface area contributed by atoms with Crippen LogP contribution in [0.3, 0.4) is 0 Å². The highest BCUT2D eigenvalue weighted by Gasteiger charge is 2.17. The minimum Gasteiger partial charge on any atom is -0.369 e. The third-order valence-electron chi connectivity index (χ3n) is 5.36. The normalized spacial score (nSPS) is 14.6. The first-order chi connectivity index (χ1) is 14.6. The summed E-state index contributed by atoms with van der Waals surface area (Å²) in [6, 6.07) is 21.3. The van der Waals surface area contributed by atoms with E-state index in [4.69, 9.17) is 0 Å². The van der Waals surface area contributed by atoms with Gasteiger partial charge in [-0.2, -0.15) is 0 Å². The maximum atomic E-state index is 12.4. The van der Waals surface area contributed by atoms with E-state index in [9.17, 15) is 8.42 Å². The molecule has 2 heterocycles. The summed E-state index contributed by atoms with van der Waals surface area (Å²) in [5.41, 5.74) is 3.05. The van der Waals surface area contributed by atoms with Crippen LogP contribution in [0.1, 0.15) is 5.56 Å². The summed E-state index contributed by atoms with van der Waals surface area (Å²) in [6.45, 7) is 5.19. The molecule has 0 aliphatic carbocycles. The number of hydrogen-bond acceptors (Lipinski definition) is 5. The standard InChI is InChI=1S/C23H26N4O2S.ClH/c28-30(29,23-7-4-13-24-19-23)25-21-10-8-20(9-11-21)12-14-26-15-17-27(18-16-26)22-5-2-1-3-6-22;/h1-11,13,19,25H,12,14-18H2;1H. The van der Waals surface area contributed by atoms with Crippen molar-refractivity contribution in [1.29, 1.82) is 0 Å². The van der Waals surface area contributed by atoms with Crippen LogP contribution in [-0.4, -0.2) is 51.0 Å². The zero-order valence-corrected chi connectivity index (χ0v) is 18.9. The Morgan fingerprint density at radius 2 is 1.58 bits per heavy atom. The zero-order valence-electron chi connectivity index (χ0n) is 17.2. The summed E-state index contributed by atoms with van der Waals surface area (Å²) in [5, 5.41) is 0. The Labute approximate surface area is 190 Å². The van der Waals surface area contributed by atoms with Crippen LogP contribution in [0.25, 0.3) is 0 Å².